The Hall–Kier alpha value is -2.38. The van der Waals surface area contributed by atoms with Gasteiger partial charge in [-0.1, -0.05) is 41.5 Å². The van der Waals surface area contributed by atoms with Gasteiger partial charge in [0, 0.05) is 37.0 Å². The van der Waals surface area contributed by atoms with Crippen LogP contribution in [0.2, 0.25) is 17.3 Å². The van der Waals surface area contributed by atoms with Crippen LogP contribution in [0.15, 0.2) is 66.7 Å². The van der Waals surface area contributed by atoms with Crippen molar-refractivity contribution >= 4 is 65.9 Å². The molecule has 5 rings (SSSR count). The number of carbonyl (C=O) groups excluding carboxylic acids is 1. The van der Waals surface area contributed by atoms with Crippen molar-refractivity contribution in [2.75, 3.05) is 0 Å². The largest absolute Gasteiger partial charge is 0.512 e. The molecule has 0 fully saturated rings. The summed E-state index contributed by atoms with van der Waals surface area (Å²) >= 11 is -0.156. The summed E-state index contributed by atoms with van der Waals surface area (Å²) in [5, 5.41) is 13.8. The number of rotatable bonds is 9. The molecule has 7 heteroatoms. The minimum atomic E-state index is -2.01. The minimum absolute atomic E-state index is 0. The van der Waals surface area contributed by atoms with Crippen LogP contribution in [0.4, 0.5) is 0 Å². The Bertz CT molecular complexity index is 1960. The molecule has 0 aliphatic carbocycles. The minimum Gasteiger partial charge on any atom is -0.512 e. The van der Waals surface area contributed by atoms with Crippen LogP contribution in [0.25, 0.3) is 42.3 Å². The fourth-order valence-corrected chi connectivity index (χ4v) is 12.1. The van der Waals surface area contributed by atoms with E-state index in [1.165, 1.54) is 31.8 Å². The third-order valence-corrected chi connectivity index (χ3v) is 16.4. The number of hydrogen-bond acceptors (Lipinski definition) is 5. The number of nitrogens with zero attached hydrogens (tertiary/aromatic N) is 2. The molecule has 2 heterocycles. The Morgan fingerprint density at radius 2 is 1.43 bits per heavy atom. The SMILES string of the molecule is CC(C)(C)c1cc(-c2ncnc3c2sc2[c]([Ge]([CH3])([CH3])[CH3])cccc23)[c-]c2ccccc12.CCC(C)(CC)C(=O)/C=C(\O)C(C)(CC)CC.[Ir]. The molecule has 0 unspecified atom stereocenters. The second kappa shape index (κ2) is 15.9. The predicted octanol–water partition coefficient (Wildman–Crippen LogP) is 12.0. The van der Waals surface area contributed by atoms with E-state index in [4.69, 9.17) is 9.97 Å². The van der Waals surface area contributed by atoms with Gasteiger partial charge in [0.25, 0.3) is 0 Å². The molecule has 0 aliphatic heterocycles. The summed E-state index contributed by atoms with van der Waals surface area (Å²) < 4.78 is 4.11. The average Bonchev–Trinajstić information content (AvgIpc) is 3.45. The number of benzene rings is 3. The van der Waals surface area contributed by atoms with Gasteiger partial charge in [0.05, 0.1) is 0 Å². The molecule has 5 aromatic rings. The van der Waals surface area contributed by atoms with Crippen LogP contribution in [0.1, 0.15) is 93.6 Å². The van der Waals surface area contributed by atoms with E-state index in [0.29, 0.717) is 0 Å². The first-order valence-corrected chi connectivity index (χ1v) is 25.7. The maximum atomic E-state index is 12.2. The fraction of sp³-hybridized carbons (Fsp3) is 0.452. The van der Waals surface area contributed by atoms with E-state index in [2.05, 4.69) is 92.6 Å². The zero-order valence-corrected chi connectivity index (χ0v) is 36.9. The molecule has 0 bridgehead atoms. The zero-order valence-electron chi connectivity index (χ0n) is 31.6. The molecule has 0 saturated heterocycles. The molecule has 1 N–H and O–H groups in total. The monoisotopic (exact) mass is 918 g/mol. The molecule has 265 valence electrons. The van der Waals surface area contributed by atoms with Gasteiger partial charge in [-0.2, -0.15) is 0 Å². The van der Waals surface area contributed by atoms with Crippen LogP contribution >= 0.6 is 11.3 Å². The van der Waals surface area contributed by atoms with Gasteiger partial charge in [-0.3, -0.25) is 4.79 Å². The molecule has 0 spiro atoms. The van der Waals surface area contributed by atoms with Crippen LogP contribution in [0.3, 0.4) is 0 Å². The molecule has 0 atom stereocenters. The Balaban J connectivity index is 0.000000312. The topological polar surface area (TPSA) is 63.1 Å². The maximum absolute atomic E-state index is 12.2. The quantitative estimate of drug-likeness (QED) is 0.0692. The van der Waals surface area contributed by atoms with E-state index >= 15 is 0 Å². The van der Waals surface area contributed by atoms with Crippen molar-refractivity contribution < 1.29 is 30.0 Å². The van der Waals surface area contributed by atoms with Crippen molar-refractivity contribution in [3.05, 3.63) is 78.3 Å². The van der Waals surface area contributed by atoms with Crippen LogP contribution in [-0.4, -0.2) is 34.1 Å². The van der Waals surface area contributed by atoms with Gasteiger partial charge in [0.15, 0.2) is 5.78 Å². The maximum Gasteiger partial charge on any atom is 0.164 e. The van der Waals surface area contributed by atoms with Crippen LogP contribution in [0, 0.1) is 16.9 Å². The first-order valence-electron chi connectivity index (χ1n) is 17.5. The number of thiophene rings is 1. The summed E-state index contributed by atoms with van der Waals surface area (Å²) in [6.45, 7) is 18.9. The third kappa shape index (κ3) is 8.57. The number of hydrogen-bond donors (Lipinski definition) is 1. The second-order valence-electron chi connectivity index (χ2n) is 15.8. The second-order valence-corrected chi connectivity index (χ2v) is 27.3. The van der Waals surface area contributed by atoms with E-state index in [1.807, 2.05) is 52.9 Å². The number of allylic oxidation sites excluding steroid dienone is 2. The van der Waals surface area contributed by atoms with Gasteiger partial charge in [-0.05, 0) is 25.7 Å². The van der Waals surface area contributed by atoms with E-state index in [1.54, 1.807) is 10.7 Å². The van der Waals surface area contributed by atoms with Gasteiger partial charge < -0.3 is 5.11 Å². The molecule has 0 amide bonds. The molecular weight excluding hydrogens is 861 g/mol. The Morgan fingerprint density at radius 3 is 2.00 bits per heavy atom. The first-order chi connectivity index (χ1) is 22.4. The summed E-state index contributed by atoms with van der Waals surface area (Å²) in [5.74, 6) is 7.66. The normalized spacial score (nSPS) is 12.9. The number of ketones is 1. The Morgan fingerprint density at radius 1 is 0.837 bits per heavy atom. The fourth-order valence-electron chi connectivity index (χ4n) is 6.04. The van der Waals surface area contributed by atoms with Crippen molar-refractivity contribution in [3.63, 3.8) is 0 Å². The number of carbonyl (C=O) groups is 1. The molecule has 1 radical (unpaired) electrons. The molecule has 4 nitrogen and oxygen atoms in total. The van der Waals surface area contributed by atoms with Gasteiger partial charge in [-0.25, -0.2) is 0 Å². The Labute approximate surface area is 314 Å². The molecule has 49 heavy (non-hydrogen) atoms. The summed E-state index contributed by atoms with van der Waals surface area (Å²) in [7, 11) is 0. The standard InChI is InChI=1S/C27H27GeN2S.C15H28O2.Ir/c1-27(2,3)21-15-18(14-17-10-7-8-11-19(17)21)23-26-24(30-16-29-23)20-12-9-13-22(25(20)31-26)28(4,5)6;1-7-14(5,8-2)12(16)11-13(17)15(6,9-3)10-4;/h7-13,15-16H,1-6H3;11,16H,7-10H2,1-6H3;/q-1;;/b;12-11-;. The zero-order chi connectivity index (χ0) is 35.7. The van der Waals surface area contributed by atoms with Gasteiger partial charge in [0.2, 0.25) is 0 Å². The molecule has 2 aromatic heterocycles. The summed E-state index contributed by atoms with van der Waals surface area (Å²) in [5.41, 5.74) is 3.88. The van der Waals surface area contributed by atoms with E-state index in [0.717, 1.165) is 47.8 Å². The average molecular weight is 917 g/mol. The number of aromatic nitrogens is 2. The summed E-state index contributed by atoms with van der Waals surface area (Å²) in [6, 6.07) is 21.2. The predicted molar refractivity (Wildman–Crippen MR) is 211 cm³/mol. The number of aliphatic hydroxyl groups excluding tert-OH is 1. The van der Waals surface area contributed by atoms with Crippen molar-refractivity contribution in [3.8, 4) is 11.3 Å². The first kappa shape index (κ1) is 41.0. The van der Waals surface area contributed by atoms with Crippen LogP contribution in [-0.2, 0) is 30.3 Å². The molecule has 3 aromatic carbocycles. The van der Waals surface area contributed by atoms with Gasteiger partial charge in [-0.15, -0.1) is 0 Å². The van der Waals surface area contributed by atoms with Crippen molar-refractivity contribution in [1.82, 2.24) is 9.97 Å². The number of fused-ring (bicyclic) bond motifs is 4. The van der Waals surface area contributed by atoms with Crippen LogP contribution in [0.5, 0.6) is 0 Å². The van der Waals surface area contributed by atoms with Crippen molar-refractivity contribution in [1.29, 1.82) is 0 Å². The van der Waals surface area contributed by atoms with E-state index in [9.17, 15) is 9.90 Å². The van der Waals surface area contributed by atoms with E-state index < -0.39 is 13.3 Å². The summed E-state index contributed by atoms with van der Waals surface area (Å²) in [6.07, 6.45) is 6.47. The van der Waals surface area contributed by atoms with Gasteiger partial charge in [0.1, 0.15) is 5.76 Å². The van der Waals surface area contributed by atoms with Crippen LogP contribution < -0.4 is 4.40 Å². The molecular formula is C42H55GeIrN2O2S-. The molecule has 0 aliphatic rings. The van der Waals surface area contributed by atoms with Crippen molar-refractivity contribution in [2.24, 2.45) is 10.8 Å². The molecule has 0 saturated carbocycles. The smallest absolute Gasteiger partial charge is 0.164 e. The summed E-state index contributed by atoms with van der Waals surface area (Å²) in [4.78, 5) is 21.7. The van der Waals surface area contributed by atoms with E-state index in [-0.39, 0.29) is 47.9 Å². The van der Waals surface area contributed by atoms with Gasteiger partial charge >= 0.3 is 191 Å². The Kier molecular flexibility index (Phi) is 13.3. The van der Waals surface area contributed by atoms with Crippen molar-refractivity contribution in [2.45, 2.75) is 111 Å². The number of aliphatic hydroxyl groups is 1. The third-order valence-electron chi connectivity index (χ3n) is 10.5.